The Morgan fingerprint density at radius 3 is 1.96 bits per heavy atom. The van der Waals surface area contributed by atoms with E-state index in [-0.39, 0.29) is 23.7 Å². The molecule has 1 aromatic heterocycles. The molecule has 2 amide bonds. The number of pyridine rings is 1. The Balaban J connectivity index is 0.000000459. The van der Waals surface area contributed by atoms with E-state index < -0.39 is 34.3 Å². The summed E-state index contributed by atoms with van der Waals surface area (Å²) in [5.74, 6) is -5.66. The van der Waals surface area contributed by atoms with Crippen LogP contribution in [0.3, 0.4) is 0 Å². The molecule has 0 bridgehead atoms. The average Bonchev–Trinajstić information content (AvgIpc) is 3.18. The smallest absolute Gasteiger partial charge is 0.475 e. The van der Waals surface area contributed by atoms with Crippen molar-refractivity contribution in [2.45, 2.75) is 49.8 Å². The summed E-state index contributed by atoms with van der Waals surface area (Å²) >= 11 is 0. The van der Waals surface area contributed by atoms with E-state index in [1.54, 1.807) is 47.5 Å². The predicted octanol–water partition coefficient (Wildman–Crippen LogP) is 3.65. The van der Waals surface area contributed by atoms with Gasteiger partial charge in [-0.1, -0.05) is 18.2 Å². The maximum absolute atomic E-state index is 13.5. The van der Waals surface area contributed by atoms with E-state index in [0.29, 0.717) is 50.3 Å². The maximum atomic E-state index is 13.5. The Hall–Kier alpha value is -4.46. The minimum absolute atomic E-state index is 0.00427. The number of alkyl halides is 6. The van der Waals surface area contributed by atoms with Crippen molar-refractivity contribution in [2.24, 2.45) is 5.73 Å². The first kappa shape index (κ1) is 38.7. The van der Waals surface area contributed by atoms with Gasteiger partial charge in [-0.2, -0.15) is 26.3 Å². The Kier molecular flexibility index (Phi) is 13.5. The third-order valence-corrected chi connectivity index (χ3v) is 8.59. The zero-order valence-corrected chi connectivity index (χ0v) is 25.4. The van der Waals surface area contributed by atoms with Crippen molar-refractivity contribution < 1.29 is 59.4 Å². The number of anilines is 1. The second kappa shape index (κ2) is 16.4. The van der Waals surface area contributed by atoms with Gasteiger partial charge in [-0.25, -0.2) is 27.1 Å². The SMILES string of the molecule is N=C(N)c1cccc(N2CCCCN(C3CCN(S(=O)(=O)Cc4ccccn4)CC3)C2=O)c1.O=C(O)C(F)(F)F.O=C(O)C(F)(F)F. The molecule has 20 heteroatoms. The van der Waals surface area contributed by atoms with Gasteiger partial charge in [0, 0.05) is 49.7 Å². The van der Waals surface area contributed by atoms with Crippen LogP contribution in [0.1, 0.15) is 36.9 Å². The van der Waals surface area contributed by atoms with E-state index in [1.807, 2.05) is 11.0 Å². The lowest BCUT2D eigenvalue weighted by Crippen LogP contribution is -2.52. The average molecular weight is 699 g/mol. The van der Waals surface area contributed by atoms with Gasteiger partial charge >= 0.3 is 30.3 Å². The monoisotopic (exact) mass is 698 g/mol. The Bertz CT molecular complexity index is 1480. The Morgan fingerprint density at radius 1 is 0.915 bits per heavy atom. The van der Waals surface area contributed by atoms with E-state index in [0.717, 1.165) is 18.5 Å². The third-order valence-electron chi connectivity index (χ3n) is 6.78. The fourth-order valence-corrected chi connectivity index (χ4v) is 6.01. The minimum Gasteiger partial charge on any atom is -0.475 e. The van der Waals surface area contributed by atoms with Gasteiger partial charge in [-0.3, -0.25) is 15.3 Å². The van der Waals surface area contributed by atoms with Crippen LogP contribution in [0.4, 0.5) is 36.8 Å². The van der Waals surface area contributed by atoms with Gasteiger partial charge in [-0.15, -0.1) is 0 Å². The van der Waals surface area contributed by atoms with Crippen molar-refractivity contribution in [1.29, 1.82) is 5.41 Å². The number of carboxylic acids is 2. The number of urea groups is 1. The number of carbonyl (C=O) groups excluding carboxylic acids is 1. The topological polar surface area (TPSA) is 198 Å². The van der Waals surface area contributed by atoms with Crippen molar-refractivity contribution in [3.05, 3.63) is 59.9 Å². The number of nitrogens with two attached hydrogens (primary N) is 1. The van der Waals surface area contributed by atoms with Crippen LogP contribution in [-0.4, -0.2) is 101 Å². The van der Waals surface area contributed by atoms with Crippen molar-refractivity contribution in [2.75, 3.05) is 31.1 Å². The third kappa shape index (κ3) is 12.0. The first-order valence-electron chi connectivity index (χ1n) is 13.7. The summed E-state index contributed by atoms with van der Waals surface area (Å²) in [5.41, 5.74) is 7.48. The van der Waals surface area contributed by atoms with Gasteiger partial charge in [0.15, 0.2) is 0 Å². The second-order valence-corrected chi connectivity index (χ2v) is 12.1. The molecule has 0 radical (unpaired) electrons. The maximum Gasteiger partial charge on any atom is 0.490 e. The summed E-state index contributed by atoms with van der Waals surface area (Å²) in [5, 5.41) is 21.9. The second-order valence-electron chi connectivity index (χ2n) is 10.1. The molecular formula is C27H32F6N6O7S. The molecule has 0 atom stereocenters. The number of amidine groups is 1. The number of aromatic nitrogens is 1. The van der Waals surface area contributed by atoms with Crippen molar-refractivity contribution in [1.82, 2.24) is 14.2 Å². The van der Waals surface area contributed by atoms with E-state index in [4.69, 9.17) is 30.9 Å². The van der Waals surface area contributed by atoms with E-state index >= 15 is 0 Å². The van der Waals surface area contributed by atoms with Gasteiger partial charge in [0.1, 0.15) is 11.6 Å². The van der Waals surface area contributed by atoms with Crippen LogP contribution in [-0.2, 0) is 25.4 Å². The van der Waals surface area contributed by atoms with Crippen LogP contribution < -0.4 is 10.6 Å². The van der Waals surface area contributed by atoms with Crippen LogP contribution in [0.25, 0.3) is 0 Å². The number of benzene rings is 1. The number of aliphatic carboxylic acids is 2. The van der Waals surface area contributed by atoms with Gasteiger partial charge in [-0.05, 0) is 49.9 Å². The van der Waals surface area contributed by atoms with Crippen LogP contribution in [0.2, 0.25) is 0 Å². The number of hydrogen-bond acceptors (Lipinski definition) is 7. The number of sulfonamides is 1. The number of hydrogen-bond donors (Lipinski definition) is 4. The highest BCUT2D eigenvalue weighted by Crippen LogP contribution is 2.27. The Labute approximate surface area is 265 Å². The molecule has 4 rings (SSSR count). The molecule has 47 heavy (non-hydrogen) atoms. The number of nitrogens with zero attached hydrogens (tertiary/aromatic N) is 4. The lowest BCUT2D eigenvalue weighted by Gasteiger charge is -2.39. The van der Waals surface area contributed by atoms with E-state index in [2.05, 4.69) is 4.98 Å². The molecule has 1 aromatic carbocycles. The molecule has 0 aliphatic carbocycles. The highest BCUT2D eigenvalue weighted by Gasteiger charge is 2.39. The molecule has 3 heterocycles. The standard InChI is InChI=1S/C23H30N6O3S.2C2HF3O2/c24-22(25)18-6-5-8-21(16-18)29-13-4-3-12-28(23(29)30)20-9-14-27(15-10-20)33(31,32)17-19-7-1-2-11-26-19;2*3-2(4,5)1(6)7/h1-2,5-8,11,16,20H,3-4,9-10,12-15,17H2,(H3,24,25);2*(H,6,7). The van der Waals surface area contributed by atoms with Crippen LogP contribution in [0.5, 0.6) is 0 Å². The number of carboxylic acid groups (broad SMARTS) is 2. The van der Waals surface area contributed by atoms with Gasteiger partial charge < -0.3 is 20.8 Å². The number of halogens is 6. The first-order chi connectivity index (χ1) is 21.7. The number of piperidine rings is 1. The van der Waals surface area contributed by atoms with Crippen molar-refractivity contribution in [3.63, 3.8) is 0 Å². The normalized spacial score (nSPS) is 16.6. The summed E-state index contributed by atoms with van der Waals surface area (Å²) in [6, 6.07) is 12.4. The van der Waals surface area contributed by atoms with Gasteiger partial charge in [0.25, 0.3) is 0 Å². The van der Waals surface area contributed by atoms with Crippen LogP contribution in [0.15, 0.2) is 48.7 Å². The lowest BCUT2D eigenvalue weighted by molar-refractivity contribution is -0.193. The zero-order chi connectivity index (χ0) is 35.6. The van der Waals surface area contributed by atoms with Gasteiger partial charge in [0.05, 0.1) is 5.69 Å². The highest BCUT2D eigenvalue weighted by molar-refractivity contribution is 7.88. The minimum atomic E-state index is -5.08. The summed E-state index contributed by atoms with van der Waals surface area (Å²) in [7, 11) is -3.45. The lowest BCUT2D eigenvalue weighted by atomic mass is 10.0. The molecule has 260 valence electrons. The van der Waals surface area contributed by atoms with Crippen LogP contribution >= 0.6 is 0 Å². The molecule has 2 aromatic rings. The Morgan fingerprint density at radius 2 is 1.47 bits per heavy atom. The largest absolute Gasteiger partial charge is 0.490 e. The summed E-state index contributed by atoms with van der Waals surface area (Å²) in [6.07, 6.45) is -5.58. The van der Waals surface area contributed by atoms with E-state index in [1.165, 1.54) is 4.31 Å². The fourth-order valence-electron chi connectivity index (χ4n) is 4.51. The molecule has 0 spiro atoms. The van der Waals surface area contributed by atoms with Crippen molar-refractivity contribution >= 4 is 39.5 Å². The highest BCUT2D eigenvalue weighted by atomic mass is 32.2. The molecule has 0 unspecified atom stereocenters. The molecule has 2 saturated heterocycles. The molecule has 2 aliphatic rings. The summed E-state index contributed by atoms with van der Waals surface area (Å²) in [6.45, 7) is 2.05. The quantitative estimate of drug-likeness (QED) is 0.198. The molecular weight excluding hydrogens is 666 g/mol. The molecule has 2 aliphatic heterocycles. The molecule has 5 N–H and O–H groups in total. The number of nitrogens with one attached hydrogen (secondary N) is 1. The van der Waals surface area contributed by atoms with Crippen molar-refractivity contribution in [3.8, 4) is 0 Å². The number of rotatable bonds is 6. The molecule has 0 saturated carbocycles. The van der Waals surface area contributed by atoms with Crippen LogP contribution in [0, 0.1) is 5.41 Å². The summed E-state index contributed by atoms with van der Waals surface area (Å²) in [4.78, 5) is 39.1. The number of nitrogen functional groups attached to an aromatic ring is 1. The molecule has 13 nitrogen and oxygen atoms in total. The predicted molar refractivity (Wildman–Crippen MR) is 155 cm³/mol. The fraction of sp³-hybridized carbons (Fsp3) is 0.444. The number of carbonyl (C=O) groups is 3. The number of amides is 2. The van der Waals surface area contributed by atoms with Gasteiger partial charge in [0.2, 0.25) is 10.0 Å². The molecule has 2 fully saturated rings. The first-order valence-corrected chi connectivity index (χ1v) is 15.4. The zero-order valence-electron chi connectivity index (χ0n) is 24.5. The summed E-state index contributed by atoms with van der Waals surface area (Å²) < 4.78 is 90.7. The van der Waals surface area contributed by atoms with E-state index in [9.17, 15) is 39.6 Å².